The van der Waals surface area contributed by atoms with Crippen molar-refractivity contribution in [3.05, 3.63) is 82.7 Å². The summed E-state index contributed by atoms with van der Waals surface area (Å²) in [5.74, 6) is 0.922. The number of aryl methyl sites for hydroxylation is 3. The van der Waals surface area contributed by atoms with E-state index in [1.54, 1.807) is 0 Å². The number of rotatable bonds is 6. The molecule has 0 radical (unpaired) electrons. The van der Waals surface area contributed by atoms with Crippen LogP contribution >= 0.6 is 0 Å². The molecule has 5 heteroatoms. The van der Waals surface area contributed by atoms with Crippen LogP contribution in [-0.2, 0) is 19.4 Å². The summed E-state index contributed by atoms with van der Waals surface area (Å²) in [5, 5.41) is 17.9. The SMILES string of the molecule is CCc1cc(NCc2ccc(-c3ccccc3)c(C#N)c2)n2nc(CC)c(C)c2n1. The zero-order valence-electron chi connectivity index (χ0n) is 17.6. The second-order valence-corrected chi connectivity index (χ2v) is 7.36. The van der Waals surface area contributed by atoms with Crippen molar-refractivity contribution < 1.29 is 0 Å². The summed E-state index contributed by atoms with van der Waals surface area (Å²) in [6.07, 6.45) is 1.74. The second kappa shape index (κ2) is 8.38. The van der Waals surface area contributed by atoms with E-state index in [0.29, 0.717) is 12.1 Å². The van der Waals surface area contributed by atoms with E-state index in [-0.39, 0.29) is 0 Å². The Hall–Kier alpha value is -3.65. The lowest BCUT2D eigenvalue weighted by Gasteiger charge is -2.12. The van der Waals surface area contributed by atoms with Crippen LogP contribution < -0.4 is 5.32 Å². The number of anilines is 1. The molecule has 2 aromatic carbocycles. The number of fused-ring (bicyclic) bond motifs is 1. The molecular weight excluding hydrogens is 370 g/mol. The molecule has 0 unspecified atom stereocenters. The number of hydrogen-bond acceptors (Lipinski definition) is 4. The van der Waals surface area contributed by atoms with Crippen LogP contribution in [0.1, 0.15) is 41.9 Å². The van der Waals surface area contributed by atoms with Crippen molar-refractivity contribution in [1.29, 1.82) is 5.26 Å². The predicted octanol–water partition coefficient (Wildman–Crippen LogP) is 5.31. The van der Waals surface area contributed by atoms with Crippen molar-refractivity contribution in [2.24, 2.45) is 0 Å². The van der Waals surface area contributed by atoms with Gasteiger partial charge in [0.15, 0.2) is 5.65 Å². The lowest BCUT2D eigenvalue weighted by atomic mass is 9.98. The van der Waals surface area contributed by atoms with Crippen LogP contribution in [-0.4, -0.2) is 14.6 Å². The molecule has 0 atom stereocenters. The summed E-state index contributed by atoms with van der Waals surface area (Å²) in [5.41, 5.74) is 7.88. The highest BCUT2D eigenvalue weighted by Crippen LogP contribution is 2.25. The van der Waals surface area contributed by atoms with E-state index in [4.69, 9.17) is 10.1 Å². The first-order valence-electron chi connectivity index (χ1n) is 10.3. The minimum atomic E-state index is 0.604. The van der Waals surface area contributed by atoms with Gasteiger partial charge in [0, 0.05) is 23.9 Å². The Balaban J connectivity index is 1.65. The van der Waals surface area contributed by atoms with Gasteiger partial charge in [-0.3, -0.25) is 0 Å². The zero-order chi connectivity index (χ0) is 21.1. The van der Waals surface area contributed by atoms with Crippen molar-refractivity contribution in [3.8, 4) is 17.2 Å². The predicted molar refractivity (Wildman–Crippen MR) is 120 cm³/mol. The molecule has 30 heavy (non-hydrogen) atoms. The van der Waals surface area contributed by atoms with Gasteiger partial charge in [-0.2, -0.15) is 14.9 Å². The van der Waals surface area contributed by atoms with Gasteiger partial charge in [-0.15, -0.1) is 0 Å². The smallest absolute Gasteiger partial charge is 0.160 e. The maximum absolute atomic E-state index is 9.67. The van der Waals surface area contributed by atoms with Gasteiger partial charge in [-0.25, -0.2) is 4.98 Å². The number of nitrogens with zero attached hydrogens (tertiary/aromatic N) is 4. The maximum atomic E-state index is 9.67. The van der Waals surface area contributed by atoms with E-state index in [9.17, 15) is 5.26 Å². The molecule has 4 aromatic rings. The minimum Gasteiger partial charge on any atom is -0.366 e. The molecule has 2 aromatic heterocycles. The van der Waals surface area contributed by atoms with E-state index < -0.39 is 0 Å². The zero-order valence-corrected chi connectivity index (χ0v) is 17.6. The summed E-state index contributed by atoms with van der Waals surface area (Å²) < 4.78 is 1.90. The van der Waals surface area contributed by atoms with E-state index in [2.05, 4.69) is 44.3 Å². The van der Waals surface area contributed by atoms with Crippen LogP contribution in [0.3, 0.4) is 0 Å². The Morgan fingerprint density at radius 2 is 1.83 bits per heavy atom. The standard InChI is InChI=1S/C25H25N5/c1-4-21-14-24(30-25(28-21)17(3)23(5-2)29-30)27-16-18-11-12-22(20(13-18)15-26)19-9-7-6-8-10-19/h6-14,27H,4-5,16H2,1-3H3. The largest absolute Gasteiger partial charge is 0.366 e. The Bertz CT molecular complexity index is 1230. The number of nitriles is 1. The highest BCUT2D eigenvalue weighted by Gasteiger charge is 2.13. The van der Waals surface area contributed by atoms with E-state index >= 15 is 0 Å². The maximum Gasteiger partial charge on any atom is 0.160 e. The molecule has 0 saturated heterocycles. The first kappa shape index (κ1) is 19.7. The fourth-order valence-electron chi connectivity index (χ4n) is 3.72. The van der Waals surface area contributed by atoms with Gasteiger partial charge >= 0.3 is 0 Å². The van der Waals surface area contributed by atoms with Crippen LogP contribution in [0.2, 0.25) is 0 Å². The van der Waals surface area contributed by atoms with Crippen molar-refractivity contribution in [3.63, 3.8) is 0 Å². The third-order valence-electron chi connectivity index (χ3n) is 5.43. The molecule has 2 heterocycles. The Kier molecular flexibility index (Phi) is 5.49. The van der Waals surface area contributed by atoms with E-state index in [1.165, 1.54) is 0 Å². The average Bonchev–Trinajstić information content (AvgIpc) is 3.13. The minimum absolute atomic E-state index is 0.604. The van der Waals surface area contributed by atoms with Gasteiger partial charge in [0.2, 0.25) is 0 Å². The molecule has 0 amide bonds. The fourth-order valence-corrected chi connectivity index (χ4v) is 3.72. The summed E-state index contributed by atoms with van der Waals surface area (Å²) in [7, 11) is 0. The highest BCUT2D eigenvalue weighted by atomic mass is 15.3. The first-order chi connectivity index (χ1) is 14.6. The lowest BCUT2D eigenvalue weighted by molar-refractivity contribution is 0.868. The van der Waals surface area contributed by atoms with Crippen molar-refractivity contribution in [2.75, 3.05) is 5.32 Å². The van der Waals surface area contributed by atoms with Crippen LogP contribution in [0.5, 0.6) is 0 Å². The fraction of sp³-hybridized carbons (Fsp3) is 0.240. The topological polar surface area (TPSA) is 66.0 Å². The molecule has 1 N–H and O–H groups in total. The van der Waals surface area contributed by atoms with Gasteiger partial charge in [-0.05, 0) is 42.5 Å². The monoisotopic (exact) mass is 395 g/mol. The normalized spacial score (nSPS) is 10.9. The molecule has 0 saturated carbocycles. The molecule has 0 bridgehead atoms. The average molecular weight is 396 g/mol. The molecule has 5 nitrogen and oxygen atoms in total. The van der Waals surface area contributed by atoms with Crippen LogP contribution in [0.25, 0.3) is 16.8 Å². The third-order valence-corrected chi connectivity index (χ3v) is 5.43. The third kappa shape index (κ3) is 3.65. The van der Waals surface area contributed by atoms with Gasteiger partial charge in [0.1, 0.15) is 5.82 Å². The molecular formula is C25H25N5. The van der Waals surface area contributed by atoms with Crippen molar-refractivity contribution in [2.45, 2.75) is 40.2 Å². The molecule has 4 rings (SSSR count). The highest BCUT2D eigenvalue weighted by molar-refractivity contribution is 5.71. The van der Waals surface area contributed by atoms with E-state index in [1.807, 2.05) is 47.0 Å². The molecule has 0 aliphatic rings. The van der Waals surface area contributed by atoms with Gasteiger partial charge in [-0.1, -0.05) is 56.3 Å². The Morgan fingerprint density at radius 3 is 2.53 bits per heavy atom. The number of hydrogen-bond donors (Lipinski definition) is 1. The van der Waals surface area contributed by atoms with Crippen LogP contribution in [0.4, 0.5) is 5.82 Å². The van der Waals surface area contributed by atoms with Gasteiger partial charge in [0.05, 0.1) is 17.3 Å². The number of nitrogens with one attached hydrogen (secondary N) is 1. The van der Waals surface area contributed by atoms with Crippen molar-refractivity contribution >= 4 is 11.5 Å². The van der Waals surface area contributed by atoms with Crippen molar-refractivity contribution in [1.82, 2.24) is 14.6 Å². The summed E-state index contributed by atoms with van der Waals surface area (Å²) >= 11 is 0. The van der Waals surface area contributed by atoms with Crippen LogP contribution in [0, 0.1) is 18.3 Å². The Morgan fingerprint density at radius 1 is 1.03 bits per heavy atom. The summed E-state index contributed by atoms with van der Waals surface area (Å²) in [6, 6.07) is 20.5. The summed E-state index contributed by atoms with van der Waals surface area (Å²) in [4.78, 5) is 4.77. The lowest BCUT2D eigenvalue weighted by Crippen LogP contribution is -2.08. The molecule has 0 aliphatic carbocycles. The molecule has 150 valence electrons. The molecule has 0 fully saturated rings. The summed E-state index contributed by atoms with van der Waals surface area (Å²) in [6.45, 7) is 6.90. The van der Waals surface area contributed by atoms with E-state index in [0.717, 1.165) is 57.9 Å². The Labute approximate surface area is 177 Å². The van der Waals surface area contributed by atoms with Gasteiger partial charge < -0.3 is 5.32 Å². The first-order valence-corrected chi connectivity index (χ1v) is 10.3. The quantitative estimate of drug-likeness (QED) is 0.480. The number of aromatic nitrogens is 3. The second-order valence-electron chi connectivity index (χ2n) is 7.36. The molecule has 0 aliphatic heterocycles. The number of benzene rings is 2. The van der Waals surface area contributed by atoms with Gasteiger partial charge in [0.25, 0.3) is 0 Å². The van der Waals surface area contributed by atoms with Crippen LogP contribution in [0.15, 0.2) is 54.6 Å². The molecule has 0 spiro atoms.